The lowest BCUT2D eigenvalue weighted by Gasteiger charge is -2.26. The topological polar surface area (TPSA) is 92.5 Å². The average Bonchev–Trinajstić information content (AvgIpc) is 2.90. The van der Waals surface area contributed by atoms with Gasteiger partial charge in [0, 0.05) is 22.9 Å². The number of nitrogens with two attached hydrogens (primary N) is 1. The van der Waals surface area contributed by atoms with Gasteiger partial charge in [0.05, 0.1) is 18.0 Å². The second kappa shape index (κ2) is 9.25. The molecular weight excluding hydrogens is 459 g/mol. The lowest BCUT2D eigenvalue weighted by molar-refractivity contribution is -0.131. The van der Waals surface area contributed by atoms with Crippen LogP contribution >= 0.6 is 0 Å². The molecule has 0 saturated heterocycles. The van der Waals surface area contributed by atoms with Gasteiger partial charge in [0.2, 0.25) is 11.8 Å². The van der Waals surface area contributed by atoms with Crippen LogP contribution in [0.5, 0.6) is 0 Å². The minimum absolute atomic E-state index is 0.274. The Morgan fingerprint density at radius 3 is 2.54 bits per heavy atom. The van der Waals surface area contributed by atoms with Gasteiger partial charge in [-0.3, -0.25) is 14.4 Å². The molecule has 9 heteroatoms. The number of imide groups is 1. The molecule has 180 valence electrons. The normalized spacial score (nSPS) is 15.6. The van der Waals surface area contributed by atoms with E-state index in [2.05, 4.69) is 5.32 Å². The molecule has 6 nitrogen and oxygen atoms in total. The highest BCUT2D eigenvalue weighted by molar-refractivity contribution is 6.22. The van der Waals surface area contributed by atoms with Crippen LogP contribution in [0.25, 0.3) is 11.1 Å². The lowest BCUT2D eigenvalue weighted by atomic mass is 9.92. The van der Waals surface area contributed by atoms with Crippen molar-refractivity contribution in [3.05, 3.63) is 83.2 Å². The van der Waals surface area contributed by atoms with Gasteiger partial charge in [-0.25, -0.2) is 18.1 Å². The SMILES string of the molecule is CC1C(=O)N(C(=O)[C@H](C)NC(=O)Cc2cc(F)cc(F)c2F)c2cccc(N)c2-c2ccccc21. The molecule has 0 aromatic heterocycles. The number of nitrogens with one attached hydrogen (secondary N) is 1. The number of halogens is 3. The summed E-state index contributed by atoms with van der Waals surface area (Å²) in [7, 11) is 0. The van der Waals surface area contributed by atoms with Crippen LogP contribution in [0, 0.1) is 17.5 Å². The number of rotatable bonds is 4. The van der Waals surface area contributed by atoms with E-state index in [0.29, 0.717) is 28.9 Å². The molecule has 3 N–H and O–H groups in total. The molecule has 2 atom stereocenters. The van der Waals surface area contributed by atoms with Crippen LogP contribution < -0.4 is 16.0 Å². The molecule has 3 aromatic rings. The Kier molecular flexibility index (Phi) is 6.34. The van der Waals surface area contributed by atoms with Crippen LogP contribution in [0.15, 0.2) is 54.6 Å². The summed E-state index contributed by atoms with van der Waals surface area (Å²) in [5.41, 5.74) is 8.34. The van der Waals surface area contributed by atoms with Crippen molar-refractivity contribution in [2.45, 2.75) is 32.2 Å². The van der Waals surface area contributed by atoms with Gasteiger partial charge in [-0.2, -0.15) is 0 Å². The number of amides is 3. The third-order valence-corrected chi connectivity index (χ3v) is 5.99. The Balaban J connectivity index is 1.64. The average molecular weight is 481 g/mol. The fraction of sp³-hybridized carbons (Fsp3) is 0.192. The standard InChI is InChI=1S/C26H22F3N3O3/c1-13-17-6-3-4-7-18(17)23-20(30)8-5-9-21(23)32(25(13)34)26(35)14(2)31-22(33)11-15-10-16(27)12-19(28)24(15)29/h3-10,12-14H,11,30H2,1-2H3,(H,31,33)/t13?,14-/m0/s1. The molecule has 0 aliphatic carbocycles. The van der Waals surface area contributed by atoms with E-state index in [0.717, 1.165) is 10.5 Å². The second-order valence-electron chi connectivity index (χ2n) is 8.39. The molecule has 35 heavy (non-hydrogen) atoms. The predicted octanol–water partition coefficient (Wildman–Crippen LogP) is 4.08. The summed E-state index contributed by atoms with van der Waals surface area (Å²) in [6.07, 6.45) is -0.697. The number of anilines is 2. The molecule has 1 aliphatic rings. The Morgan fingerprint density at radius 2 is 1.80 bits per heavy atom. The van der Waals surface area contributed by atoms with Crippen molar-refractivity contribution in [2.24, 2.45) is 0 Å². The highest BCUT2D eigenvalue weighted by Gasteiger charge is 2.37. The molecule has 4 rings (SSSR count). The molecular formula is C26H22F3N3O3. The number of benzene rings is 3. The summed E-state index contributed by atoms with van der Waals surface area (Å²) < 4.78 is 40.9. The summed E-state index contributed by atoms with van der Waals surface area (Å²) in [6.45, 7) is 3.04. The molecule has 3 aromatic carbocycles. The van der Waals surface area contributed by atoms with E-state index in [1.54, 1.807) is 43.3 Å². The van der Waals surface area contributed by atoms with E-state index in [1.807, 2.05) is 6.07 Å². The summed E-state index contributed by atoms with van der Waals surface area (Å²) >= 11 is 0. The van der Waals surface area contributed by atoms with E-state index in [1.165, 1.54) is 6.92 Å². The van der Waals surface area contributed by atoms with Crippen LogP contribution in [0.3, 0.4) is 0 Å². The molecule has 1 unspecified atom stereocenters. The van der Waals surface area contributed by atoms with E-state index in [9.17, 15) is 27.6 Å². The number of fused-ring (bicyclic) bond motifs is 3. The van der Waals surface area contributed by atoms with Gasteiger partial charge in [0.25, 0.3) is 5.91 Å². The van der Waals surface area contributed by atoms with Gasteiger partial charge in [0.1, 0.15) is 11.9 Å². The minimum Gasteiger partial charge on any atom is -0.398 e. The first-order chi connectivity index (χ1) is 16.6. The van der Waals surface area contributed by atoms with Gasteiger partial charge in [0.15, 0.2) is 11.6 Å². The maximum Gasteiger partial charge on any atom is 0.256 e. The quantitative estimate of drug-likeness (QED) is 0.434. The number of nitrogen functional groups attached to an aromatic ring is 1. The van der Waals surface area contributed by atoms with Crippen LogP contribution in [0.2, 0.25) is 0 Å². The Bertz CT molecular complexity index is 1360. The fourth-order valence-electron chi connectivity index (χ4n) is 4.27. The first kappa shape index (κ1) is 24.0. The highest BCUT2D eigenvalue weighted by Crippen LogP contribution is 2.44. The molecule has 0 saturated carbocycles. The second-order valence-corrected chi connectivity index (χ2v) is 8.39. The summed E-state index contributed by atoms with van der Waals surface area (Å²) in [4.78, 5) is 40.4. The number of hydrogen-bond acceptors (Lipinski definition) is 4. The van der Waals surface area contributed by atoms with Crippen LogP contribution in [-0.2, 0) is 20.8 Å². The first-order valence-electron chi connectivity index (χ1n) is 10.9. The maximum atomic E-state index is 13.9. The van der Waals surface area contributed by atoms with Crippen LogP contribution in [-0.4, -0.2) is 23.8 Å². The number of hydrogen-bond donors (Lipinski definition) is 2. The van der Waals surface area contributed by atoms with Crippen molar-refractivity contribution in [3.63, 3.8) is 0 Å². The zero-order valence-electron chi connectivity index (χ0n) is 18.9. The zero-order chi connectivity index (χ0) is 25.4. The van der Waals surface area contributed by atoms with Crippen molar-refractivity contribution in [2.75, 3.05) is 10.6 Å². The zero-order valence-corrected chi connectivity index (χ0v) is 18.9. The molecule has 1 heterocycles. The Hall–Kier alpha value is -4.14. The summed E-state index contributed by atoms with van der Waals surface area (Å²) in [5, 5.41) is 2.39. The van der Waals surface area contributed by atoms with E-state index < -0.39 is 59.1 Å². The van der Waals surface area contributed by atoms with E-state index in [4.69, 9.17) is 5.73 Å². The van der Waals surface area contributed by atoms with Crippen LogP contribution in [0.1, 0.15) is 30.9 Å². The number of carbonyl (C=O) groups is 3. The minimum atomic E-state index is -1.42. The Morgan fingerprint density at radius 1 is 1.09 bits per heavy atom. The third kappa shape index (κ3) is 4.37. The molecule has 0 bridgehead atoms. The number of nitrogens with zero attached hydrogens (tertiary/aromatic N) is 1. The highest BCUT2D eigenvalue weighted by atomic mass is 19.2. The smallest absolute Gasteiger partial charge is 0.256 e. The van der Waals surface area contributed by atoms with Crippen molar-refractivity contribution >= 4 is 29.1 Å². The summed E-state index contributed by atoms with van der Waals surface area (Å²) in [5.74, 6) is -6.58. The van der Waals surface area contributed by atoms with Crippen LogP contribution in [0.4, 0.5) is 24.5 Å². The van der Waals surface area contributed by atoms with Gasteiger partial charge in [-0.15, -0.1) is 0 Å². The number of carbonyl (C=O) groups excluding carboxylic acids is 3. The molecule has 0 fully saturated rings. The van der Waals surface area contributed by atoms with Crippen molar-refractivity contribution in [1.29, 1.82) is 0 Å². The fourth-order valence-corrected chi connectivity index (χ4v) is 4.27. The van der Waals surface area contributed by atoms with Gasteiger partial charge in [-0.05, 0) is 43.2 Å². The molecule has 0 spiro atoms. The van der Waals surface area contributed by atoms with Gasteiger partial charge >= 0.3 is 0 Å². The third-order valence-electron chi connectivity index (χ3n) is 5.99. The van der Waals surface area contributed by atoms with Gasteiger partial charge in [-0.1, -0.05) is 30.3 Å². The van der Waals surface area contributed by atoms with Crippen molar-refractivity contribution in [1.82, 2.24) is 5.32 Å². The summed E-state index contributed by atoms with van der Waals surface area (Å²) in [6, 6.07) is 11.9. The predicted molar refractivity (Wildman–Crippen MR) is 125 cm³/mol. The van der Waals surface area contributed by atoms with Crippen molar-refractivity contribution in [3.8, 4) is 11.1 Å². The largest absolute Gasteiger partial charge is 0.398 e. The lowest BCUT2D eigenvalue weighted by Crippen LogP contribution is -2.50. The van der Waals surface area contributed by atoms with E-state index >= 15 is 0 Å². The molecule has 0 radical (unpaired) electrons. The Labute approximate surface area is 199 Å². The monoisotopic (exact) mass is 481 g/mol. The van der Waals surface area contributed by atoms with E-state index in [-0.39, 0.29) is 5.69 Å². The van der Waals surface area contributed by atoms with Crippen molar-refractivity contribution < 1.29 is 27.6 Å². The van der Waals surface area contributed by atoms with Gasteiger partial charge < -0.3 is 11.1 Å². The molecule has 1 aliphatic heterocycles. The molecule has 3 amide bonds. The maximum absolute atomic E-state index is 13.9. The first-order valence-corrected chi connectivity index (χ1v) is 10.9.